The second kappa shape index (κ2) is 8.09. The molecule has 9 heteroatoms. The zero-order chi connectivity index (χ0) is 24.1. The van der Waals surface area contributed by atoms with Crippen LogP contribution in [0.5, 0.6) is 0 Å². The number of nitrogens with zero attached hydrogens (tertiary/aromatic N) is 5. The summed E-state index contributed by atoms with van der Waals surface area (Å²) in [5.41, 5.74) is 7.68. The molecule has 3 N–H and O–H groups in total. The summed E-state index contributed by atoms with van der Waals surface area (Å²) in [5, 5.41) is 12.4. The van der Waals surface area contributed by atoms with Gasteiger partial charge in [-0.25, -0.2) is 4.98 Å². The van der Waals surface area contributed by atoms with Crippen LogP contribution < -0.4 is 5.32 Å². The van der Waals surface area contributed by atoms with Crippen LogP contribution in [0.15, 0.2) is 73.7 Å². The molecule has 1 fully saturated rings. The van der Waals surface area contributed by atoms with E-state index in [-0.39, 0.29) is 11.8 Å². The predicted molar refractivity (Wildman–Crippen MR) is 137 cm³/mol. The van der Waals surface area contributed by atoms with Gasteiger partial charge in [0.05, 0.1) is 35.0 Å². The molecule has 1 saturated carbocycles. The summed E-state index contributed by atoms with van der Waals surface area (Å²) >= 11 is 0. The summed E-state index contributed by atoms with van der Waals surface area (Å²) in [6, 6.07) is 9.99. The second-order valence-electron chi connectivity index (χ2n) is 8.99. The smallest absolute Gasteiger partial charge is 0.227 e. The Balaban J connectivity index is 1.28. The van der Waals surface area contributed by atoms with Crippen molar-refractivity contribution >= 4 is 33.5 Å². The van der Waals surface area contributed by atoms with Gasteiger partial charge in [-0.2, -0.15) is 5.10 Å². The fourth-order valence-electron chi connectivity index (χ4n) is 4.46. The number of rotatable bonds is 5. The zero-order valence-corrected chi connectivity index (χ0v) is 19.1. The maximum absolute atomic E-state index is 12.2. The molecule has 0 atom stereocenters. The molecule has 0 aromatic carbocycles. The number of carbonyl (C=O) groups is 1. The average molecular weight is 473 g/mol. The van der Waals surface area contributed by atoms with Gasteiger partial charge in [0, 0.05) is 69.9 Å². The van der Waals surface area contributed by atoms with Gasteiger partial charge in [0.1, 0.15) is 0 Å². The first-order valence-corrected chi connectivity index (χ1v) is 11.7. The molecule has 1 amide bonds. The van der Waals surface area contributed by atoms with E-state index >= 15 is 0 Å². The minimum atomic E-state index is 0.0543. The van der Waals surface area contributed by atoms with E-state index in [4.69, 9.17) is 0 Å². The number of H-pyrrole nitrogens is 2. The Hall–Kier alpha value is -4.92. The standard InChI is InChI=1S/C27H20N8O/c36-27(15-3-4-15)32-19-6-17(10-29-12-19)18-7-21-25(34-35-26(21)31-11-18)23-8-20-22(13-30-14-24(20)33-23)16-2-1-5-28-9-16/h1-2,5-15,33H,3-4H2,(H,32,36)(H,31,34,35). The van der Waals surface area contributed by atoms with Crippen molar-refractivity contribution in [3.8, 4) is 33.6 Å². The van der Waals surface area contributed by atoms with Gasteiger partial charge in [-0.3, -0.25) is 24.8 Å². The molecule has 9 nitrogen and oxygen atoms in total. The molecule has 7 rings (SSSR count). The van der Waals surface area contributed by atoms with Crippen molar-refractivity contribution in [1.29, 1.82) is 0 Å². The Morgan fingerprint density at radius 2 is 1.75 bits per heavy atom. The third kappa shape index (κ3) is 3.58. The molecule has 6 aromatic rings. The lowest BCUT2D eigenvalue weighted by Crippen LogP contribution is -2.13. The molecule has 174 valence electrons. The Morgan fingerprint density at radius 1 is 0.889 bits per heavy atom. The molecule has 0 bridgehead atoms. The van der Waals surface area contributed by atoms with Crippen molar-refractivity contribution < 1.29 is 4.79 Å². The van der Waals surface area contributed by atoms with Gasteiger partial charge >= 0.3 is 0 Å². The Morgan fingerprint density at radius 3 is 2.61 bits per heavy atom. The van der Waals surface area contributed by atoms with E-state index in [0.29, 0.717) is 11.3 Å². The number of nitrogens with one attached hydrogen (secondary N) is 3. The molecule has 0 unspecified atom stereocenters. The third-order valence-electron chi connectivity index (χ3n) is 6.48. The van der Waals surface area contributed by atoms with Crippen molar-refractivity contribution in [3.05, 3.63) is 73.7 Å². The van der Waals surface area contributed by atoms with Crippen LogP contribution in [0, 0.1) is 5.92 Å². The molecule has 0 aliphatic heterocycles. The van der Waals surface area contributed by atoms with E-state index < -0.39 is 0 Å². The quantitative estimate of drug-likeness (QED) is 0.325. The molecule has 1 aliphatic carbocycles. The second-order valence-corrected chi connectivity index (χ2v) is 8.99. The lowest BCUT2D eigenvalue weighted by molar-refractivity contribution is -0.117. The Labute approximate surface area is 205 Å². The molecule has 36 heavy (non-hydrogen) atoms. The monoisotopic (exact) mass is 472 g/mol. The van der Waals surface area contributed by atoms with Gasteiger partial charge in [0.25, 0.3) is 0 Å². The lowest BCUT2D eigenvalue weighted by atomic mass is 10.1. The number of aromatic amines is 2. The largest absolute Gasteiger partial charge is 0.352 e. The van der Waals surface area contributed by atoms with Crippen molar-refractivity contribution in [2.75, 3.05) is 5.32 Å². The highest BCUT2D eigenvalue weighted by molar-refractivity contribution is 6.00. The van der Waals surface area contributed by atoms with Crippen LogP contribution in [0.25, 0.3) is 55.6 Å². The van der Waals surface area contributed by atoms with Crippen molar-refractivity contribution in [2.45, 2.75) is 12.8 Å². The normalized spacial score (nSPS) is 13.3. The molecule has 1 aliphatic rings. The summed E-state index contributed by atoms with van der Waals surface area (Å²) < 4.78 is 0. The summed E-state index contributed by atoms with van der Waals surface area (Å²) in [7, 11) is 0. The van der Waals surface area contributed by atoms with Crippen LogP contribution in [-0.4, -0.2) is 41.0 Å². The van der Waals surface area contributed by atoms with Gasteiger partial charge in [-0.1, -0.05) is 6.07 Å². The van der Waals surface area contributed by atoms with Gasteiger partial charge in [0.2, 0.25) is 5.91 Å². The molecule has 6 aromatic heterocycles. The van der Waals surface area contributed by atoms with E-state index in [0.717, 1.165) is 62.8 Å². The fraction of sp³-hybridized carbons (Fsp3) is 0.111. The maximum atomic E-state index is 12.2. The molecular formula is C27H20N8O. The van der Waals surface area contributed by atoms with Gasteiger partial charge in [0.15, 0.2) is 5.65 Å². The van der Waals surface area contributed by atoms with E-state index in [2.05, 4.69) is 46.5 Å². The van der Waals surface area contributed by atoms with Crippen LogP contribution in [0.1, 0.15) is 12.8 Å². The number of anilines is 1. The number of aromatic nitrogens is 7. The Kier molecular flexibility index (Phi) is 4.60. The number of fused-ring (bicyclic) bond motifs is 2. The topological polar surface area (TPSA) is 125 Å². The summed E-state index contributed by atoms with van der Waals surface area (Å²) in [6.07, 6.45) is 14.4. The van der Waals surface area contributed by atoms with E-state index in [1.807, 2.05) is 42.9 Å². The minimum Gasteiger partial charge on any atom is -0.352 e. The van der Waals surface area contributed by atoms with Crippen LogP contribution in [0.2, 0.25) is 0 Å². The van der Waals surface area contributed by atoms with Gasteiger partial charge in [-0.15, -0.1) is 0 Å². The number of carbonyl (C=O) groups excluding carboxylic acids is 1. The van der Waals surface area contributed by atoms with Crippen molar-refractivity contribution in [3.63, 3.8) is 0 Å². The molecule has 0 saturated heterocycles. The maximum Gasteiger partial charge on any atom is 0.227 e. The van der Waals surface area contributed by atoms with Crippen LogP contribution in [0.4, 0.5) is 5.69 Å². The average Bonchev–Trinajstić information content (AvgIpc) is 3.55. The molecule has 0 radical (unpaired) electrons. The zero-order valence-electron chi connectivity index (χ0n) is 19.1. The van der Waals surface area contributed by atoms with Crippen molar-refractivity contribution in [1.82, 2.24) is 35.1 Å². The highest BCUT2D eigenvalue weighted by Gasteiger charge is 2.29. The SMILES string of the molecule is O=C(Nc1cncc(-c2cnc3n[nH]c(-c4cc5c(-c6cccnc6)cncc5[nH]4)c3c2)c1)C1CC1. The van der Waals surface area contributed by atoms with Crippen LogP contribution in [-0.2, 0) is 4.79 Å². The predicted octanol–water partition coefficient (Wildman–Crippen LogP) is 4.97. The highest BCUT2D eigenvalue weighted by Crippen LogP contribution is 2.34. The van der Waals surface area contributed by atoms with E-state index in [9.17, 15) is 4.79 Å². The van der Waals surface area contributed by atoms with Gasteiger partial charge in [-0.05, 0) is 37.1 Å². The van der Waals surface area contributed by atoms with Crippen LogP contribution >= 0.6 is 0 Å². The number of amides is 1. The fourth-order valence-corrected chi connectivity index (χ4v) is 4.46. The molecular weight excluding hydrogens is 452 g/mol. The molecule has 6 heterocycles. The van der Waals surface area contributed by atoms with Crippen LogP contribution in [0.3, 0.4) is 0 Å². The lowest BCUT2D eigenvalue weighted by Gasteiger charge is -2.07. The number of pyridine rings is 4. The first-order valence-electron chi connectivity index (χ1n) is 11.7. The number of hydrogen-bond donors (Lipinski definition) is 3. The van der Waals surface area contributed by atoms with Gasteiger partial charge < -0.3 is 10.3 Å². The Bertz CT molecular complexity index is 1750. The third-order valence-corrected chi connectivity index (χ3v) is 6.48. The summed E-state index contributed by atoms with van der Waals surface area (Å²) in [4.78, 5) is 33.2. The first kappa shape index (κ1) is 20.5. The molecule has 0 spiro atoms. The summed E-state index contributed by atoms with van der Waals surface area (Å²) in [5.74, 6) is 0.184. The highest BCUT2D eigenvalue weighted by atomic mass is 16.2. The minimum absolute atomic E-state index is 0.0543. The summed E-state index contributed by atoms with van der Waals surface area (Å²) in [6.45, 7) is 0. The van der Waals surface area contributed by atoms with E-state index in [1.165, 1.54) is 0 Å². The van der Waals surface area contributed by atoms with Crippen molar-refractivity contribution in [2.24, 2.45) is 5.92 Å². The number of hydrogen-bond acceptors (Lipinski definition) is 6. The van der Waals surface area contributed by atoms with E-state index in [1.54, 1.807) is 24.8 Å². The first-order chi connectivity index (χ1) is 17.7.